The summed E-state index contributed by atoms with van der Waals surface area (Å²) in [5.41, 5.74) is 0. The first-order valence-corrected chi connectivity index (χ1v) is 6.49. The van der Waals surface area contributed by atoms with E-state index in [1.807, 2.05) is 0 Å². The van der Waals surface area contributed by atoms with Gasteiger partial charge in [0.25, 0.3) is 11.8 Å². The third kappa shape index (κ3) is 4.65. The van der Waals surface area contributed by atoms with Crippen molar-refractivity contribution in [2.24, 2.45) is 9.98 Å². The van der Waals surface area contributed by atoms with Crippen molar-refractivity contribution in [2.45, 2.75) is 6.42 Å². The van der Waals surface area contributed by atoms with Crippen LogP contribution < -0.4 is 0 Å². The maximum Gasteiger partial charge on any atom is 0.300 e. The number of carbonyl (C=O) groups is 2. The lowest BCUT2D eigenvalue weighted by molar-refractivity contribution is -0.938. The van der Waals surface area contributed by atoms with E-state index in [0.29, 0.717) is 22.1 Å². The van der Waals surface area contributed by atoms with E-state index in [-0.39, 0.29) is 11.8 Å². The monoisotopic (exact) mass is 268 g/mol. The van der Waals surface area contributed by atoms with Gasteiger partial charge in [-0.3, -0.25) is 9.59 Å². The Morgan fingerprint density at radius 1 is 0.895 bits per heavy atom. The molecule has 1 fully saturated rings. The molecule has 0 aromatic rings. The van der Waals surface area contributed by atoms with Gasteiger partial charge in [0.15, 0.2) is 13.1 Å². The molecular weight excluding hydrogens is 244 g/mol. The molecule has 0 aromatic carbocycles. The molecule has 1 aliphatic heterocycles. The smallest absolute Gasteiger partial charge is 0.300 e. The van der Waals surface area contributed by atoms with Gasteiger partial charge in [0.2, 0.25) is 0 Å². The molecule has 0 aliphatic carbocycles. The molecular formula is C13H24N4O2+2. The molecule has 1 rings (SSSR count). The van der Waals surface area contributed by atoms with Crippen LogP contribution in [0.15, 0.2) is 9.98 Å². The lowest BCUT2D eigenvalue weighted by Gasteiger charge is -2.33. The Morgan fingerprint density at radius 2 is 1.26 bits per heavy atom. The highest BCUT2D eigenvalue weighted by Crippen LogP contribution is 2.16. The topological polar surface area (TPSA) is 58.9 Å². The first-order chi connectivity index (χ1) is 8.82. The van der Waals surface area contributed by atoms with Crippen LogP contribution >= 0.6 is 0 Å². The van der Waals surface area contributed by atoms with Gasteiger partial charge in [-0.15, -0.1) is 0 Å². The van der Waals surface area contributed by atoms with E-state index in [9.17, 15) is 9.59 Å². The normalized spacial score (nSPS) is 31.3. The van der Waals surface area contributed by atoms with Crippen LogP contribution in [0.3, 0.4) is 0 Å². The van der Waals surface area contributed by atoms with Crippen molar-refractivity contribution in [1.29, 1.82) is 0 Å². The fourth-order valence-electron chi connectivity index (χ4n) is 2.61. The zero-order valence-electron chi connectivity index (χ0n) is 12.0. The Hall–Kier alpha value is -1.40. The standard InChI is InChI=1S/C13H24N4O2/c1-14-12(18)10-16(3)6-5-7-17(4,9-8-16)11-13(19)15-2/h1-2,5-11H2,3-4H3/q+2. The Labute approximate surface area is 114 Å². The number of quaternary nitrogens is 2. The van der Waals surface area contributed by atoms with E-state index in [1.165, 1.54) is 0 Å². The number of hydrogen-bond donors (Lipinski definition) is 0. The lowest BCUT2D eigenvalue weighted by Crippen LogP contribution is -2.53. The van der Waals surface area contributed by atoms with Crippen LogP contribution in [0.1, 0.15) is 6.42 Å². The van der Waals surface area contributed by atoms with Gasteiger partial charge in [0, 0.05) is 6.42 Å². The van der Waals surface area contributed by atoms with Crippen LogP contribution in [0.4, 0.5) is 0 Å². The number of rotatable bonds is 4. The molecule has 0 saturated carbocycles. The number of likely N-dealkylation sites (N-methyl/N-ethyl adjacent to an activating group) is 2. The summed E-state index contributed by atoms with van der Waals surface area (Å²) < 4.78 is 1.34. The molecule has 2 unspecified atom stereocenters. The Balaban J connectivity index is 2.69. The minimum absolute atomic E-state index is 0.164. The van der Waals surface area contributed by atoms with Crippen LogP contribution in [-0.4, -0.2) is 87.6 Å². The number of aliphatic imine (C=N–C) groups is 2. The van der Waals surface area contributed by atoms with Gasteiger partial charge in [0.05, 0.1) is 27.2 Å². The molecule has 0 radical (unpaired) electrons. The van der Waals surface area contributed by atoms with Crippen LogP contribution in [0.5, 0.6) is 0 Å². The van der Waals surface area contributed by atoms with E-state index >= 15 is 0 Å². The molecule has 2 atom stereocenters. The van der Waals surface area contributed by atoms with Crippen molar-refractivity contribution in [3.63, 3.8) is 0 Å². The van der Waals surface area contributed by atoms with Gasteiger partial charge in [-0.05, 0) is 13.4 Å². The third-order valence-electron chi connectivity index (χ3n) is 3.96. The number of nitrogens with zero attached hydrogens (tertiary/aromatic N) is 4. The summed E-state index contributed by atoms with van der Waals surface area (Å²) in [6.45, 7) is 10.9. The molecule has 0 spiro atoms. The molecule has 6 heteroatoms. The van der Waals surface area contributed by atoms with Crippen molar-refractivity contribution in [2.75, 3.05) is 53.4 Å². The second-order valence-electron chi connectivity index (χ2n) is 5.91. The average Bonchev–Trinajstić information content (AvgIpc) is 2.49. The predicted molar refractivity (Wildman–Crippen MR) is 75.3 cm³/mol. The van der Waals surface area contributed by atoms with Crippen molar-refractivity contribution >= 4 is 25.2 Å². The van der Waals surface area contributed by atoms with E-state index in [4.69, 9.17) is 0 Å². The average molecular weight is 268 g/mol. The fraction of sp³-hybridized carbons (Fsp3) is 0.692. The molecule has 0 N–H and O–H groups in total. The number of carbonyl (C=O) groups excluding carboxylic acids is 2. The second-order valence-corrected chi connectivity index (χ2v) is 5.91. The predicted octanol–water partition coefficient (Wildman–Crippen LogP) is -0.262. The second kappa shape index (κ2) is 6.16. The van der Waals surface area contributed by atoms with Gasteiger partial charge in [-0.25, -0.2) is 9.98 Å². The van der Waals surface area contributed by atoms with Crippen LogP contribution in [0.25, 0.3) is 0 Å². The Kier molecular flexibility index (Phi) is 5.08. The maximum atomic E-state index is 11.5. The van der Waals surface area contributed by atoms with Crippen molar-refractivity contribution in [1.82, 2.24) is 0 Å². The van der Waals surface area contributed by atoms with Gasteiger partial charge >= 0.3 is 0 Å². The summed E-state index contributed by atoms with van der Waals surface area (Å²) in [6, 6.07) is 0. The van der Waals surface area contributed by atoms with Crippen molar-refractivity contribution in [3.05, 3.63) is 0 Å². The summed E-state index contributed by atoms with van der Waals surface area (Å²) in [7, 11) is 4.12. The minimum Gasteiger partial charge on any atom is -0.313 e. The Morgan fingerprint density at radius 3 is 1.58 bits per heavy atom. The largest absolute Gasteiger partial charge is 0.313 e. The van der Waals surface area contributed by atoms with Crippen LogP contribution in [0.2, 0.25) is 0 Å². The van der Waals surface area contributed by atoms with Gasteiger partial charge in [0.1, 0.15) is 13.1 Å². The summed E-state index contributed by atoms with van der Waals surface area (Å²) in [4.78, 5) is 29.9. The molecule has 0 bridgehead atoms. The quantitative estimate of drug-likeness (QED) is 0.521. The van der Waals surface area contributed by atoms with Crippen LogP contribution in [-0.2, 0) is 9.59 Å². The highest BCUT2D eigenvalue weighted by atomic mass is 16.2. The van der Waals surface area contributed by atoms with Gasteiger partial charge in [-0.1, -0.05) is 0 Å². The highest BCUT2D eigenvalue weighted by molar-refractivity contribution is 5.82. The van der Waals surface area contributed by atoms with Gasteiger partial charge < -0.3 is 8.97 Å². The van der Waals surface area contributed by atoms with Gasteiger partial charge in [-0.2, -0.15) is 0 Å². The first kappa shape index (κ1) is 15.7. The Bertz CT molecular complexity index is 360. The summed E-state index contributed by atoms with van der Waals surface area (Å²) in [6.07, 6.45) is 0.974. The van der Waals surface area contributed by atoms with E-state index in [2.05, 4.69) is 37.5 Å². The molecule has 106 valence electrons. The zero-order chi connectivity index (χ0) is 14.5. The number of hydrogen-bond acceptors (Lipinski definition) is 2. The SMILES string of the molecule is C=NC(=O)C[N+]1(C)CCC[N+](C)(CC(=O)N=C)CC1. The molecule has 0 aromatic heterocycles. The van der Waals surface area contributed by atoms with E-state index in [0.717, 1.165) is 32.6 Å². The van der Waals surface area contributed by atoms with E-state index < -0.39 is 0 Å². The van der Waals surface area contributed by atoms with Crippen molar-refractivity contribution in [3.8, 4) is 0 Å². The molecule has 2 amide bonds. The highest BCUT2D eigenvalue weighted by Gasteiger charge is 2.35. The minimum atomic E-state index is -0.164. The number of amides is 2. The van der Waals surface area contributed by atoms with E-state index in [1.54, 1.807) is 0 Å². The summed E-state index contributed by atoms with van der Waals surface area (Å²) in [5, 5.41) is 0. The molecule has 6 nitrogen and oxygen atoms in total. The summed E-state index contributed by atoms with van der Waals surface area (Å²) in [5.74, 6) is -0.329. The summed E-state index contributed by atoms with van der Waals surface area (Å²) >= 11 is 0. The van der Waals surface area contributed by atoms with Crippen LogP contribution in [0, 0.1) is 0 Å². The molecule has 19 heavy (non-hydrogen) atoms. The molecule has 1 saturated heterocycles. The molecule has 1 aliphatic rings. The third-order valence-corrected chi connectivity index (χ3v) is 3.96. The zero-order valence-corrected chi connectivity index (χ0v) is 12.0. The molecule has 1 heterocycles. The fourth-order valence-corrected chi connectivity index (χ4v) is 2.61. The lowest BCUT2D eigenvalue weighted by atomic mass is 10.3. The van der Waals surface area contributed by atoms with Crippen molar-refractivity contribution < 1.29 is 18.6 Å². The maximum absolute atomic E-state index is 11.5. The first-order valence-electron chi connectivity index (χ1n) is 6.49.